The molecule has 0 spiro atoms. The first-order chi connectivity index (χ1) is 12.4. The van der Waals surface area contributed by atoms with Crippen LogP contribution < -0.4 is 15.4 Å². The standard InChI is InChI=1S/C16H24N4O5S/c17-26(23,24)14-1-2-15(16(11-14)20(21)22)19(12-3-7-18-8-4-12)13-5-9-25-10-6-13/h1-2,11-13,18H,3-10H2,(H2,17,23,24). The summed E-state index contributed by atoms with van der Waals surface area (Å²) in [6.07, 6.45) is 3.34. The van der Waals surface area contributed by atoms with Crippen LogP contribution in [0.1, 0.15) is 25.7 Å². The number of nitrogens with two attached hydrogens (primary N) is 1. The van der Waals surface area contributed by atoms with E-state index in [2.05, 4.69) is 10.2 Å². The molecule has 2 fully saturated rings. The maximum atomic E-state index is 11.7. The van der Waals surface area contributed by atoms with Crippen molar-refractivity contribution in [3.05, 3.63) is 28.3 Å². The van der Waals surface area contributed by atoms with Crippen molar-refractivity contribution in [2.45, 2.75) is 42.7 Å². The van der Waals surface area contributed by atoms with Crippen LogP contribution in [0.2, 0.25) is 0 Å². The highest BCUT2D eigenvalue weighted by molar-refractivity contribution is 7.89. The molecule has 3 N–H and O–H groups in total. The summed E-state index contributed by atoms with van der Waals surface area (Å²) in [5.41, 5.74) is 0.239. The van der Waals surface area contributed by atoms with Gasteiger partial charge >= 0.3 is 0 Å². The Kier molecular flexibility index (Phi) is 5.76. The number of anilines is 1. The molecule has 26 heavy (non-hydrogen) atoms. The van der Waals surface area contributed by atoms with Crippen molar-refractivity contribution in [2.24, 2.45) is 5.14 Å². The summed E-state index contributed by atoms with van der Waals surface area (Å²) in [5, 5.41) is 20.1. The van der Waals surface area contributed by atoms with E-state index in [0.29, 0.717) is 18.9 Å². The molecule has 0 atom stereocenters. The highest BCUT2D eigenvalue weighted by Crippen LogP contribution is 2.36. The molecule has 144 valence electrons. The van der Waals surface area contributed by atoms with Crippen molar-refractivity contribution in [1.29, 1.82) is 0 Å². The number of sulfonamides is 1. The van der Waals surface area contributed by atoms with Gasteiger partial charge in [0.2, 0.25) is 10.0 Å². The lowest BCUT2D eigenvalue weighted by molar-refractivity contribution is -0.384. The minimum Gasteiger partial charge on any atom is -0.381 e. The van der Waals surface area contributed by atoms with Gasteiger partial charge in [-0.1, -0.05) is 0 Å². The third-order valence-electron chi connectivity index (χ3n) is 5.04. The lowest BCUT2D eigenvalue weighted by Gasteiger charge is -2.43. The first-order valence-corrected chi connectivity index (χ1v) is 10.3. The van der Waals surface area contributed by atoms with E-state index >= 15 is 0 Å². The van der Waals surface area contributed by atoms with E-state index in [1.54, 1.807) is 0 Å². The molecule has 0 aliphatic carbocycles. The largest absolute Gasteiger partial charge is 0.381 e. The van der Waals surface area contributed by atoms with Gasteiger partial charge in [0.15, 0.2) is 0 Å². The molecule has 2 aliphatic heterocycles. The third-order valence-corrected chi connectivity index (χ3v) is 5.95. The van der Waals surface area contributed by atoms with Crippen molar-refractivity contribution in [3.8, 4) is 0 Å². The summed E-state index contributed by atoms with van der Waals surface area (Å²) in [4.78, 5) is 13.0. The van der Waals surface area contributed by atoms with E-state index in [1.165, 1.54) is 12.1 Å². The molecular formula is C16H24N4O5S. The van der Waals surface area contributed by atoms with Gasteiger partial charge in [0.25, 0.3) is 5.69 Å². The zero-order chi connectivity index (χ0) is 18.7. The maximum absolute atomic E-state index is 11.7. The predicted molar refractivity (Wildman–Crippen MR) is 96.7 cm³/mol. The van der Waals surface area contributed by atoms with Crippen LogP contribution >= 0.6 is 0 Å². The number of nitrogens with one attached hydrogen (secondary N) is 1. The maximum Gasteiger partial charge on any atom is 0.293 e. The van der Waals surface area contributed by atoms with Gasteiger partial charge in [-0.05, 0) is 50.9 Å². The number of hydrogen-bond donors (Lipinski definition) is 2. The monoisotopic (exact) mass is 384 g/mol. The average molecular weight is 384 g/mol. The number of hydrogen-bond acceptors (Lipinski definition) is 7. The molecule has 2 aliphatic rings. The Morgan fingerprint density at radius 1 is 1.15 bits per heavy atom. The Balaban J connectivity index is 2.05. The van der Waals surface area contributed by atoms with Crippen LogP contribution in [0, 0.1) is 10.1 Å². The van der Waals surface area contributed by atoms with E-state index in [1.807, 2.05) is 0 Å². The Morgan fingerprint density at radius 3 is 2.35 bits per heavy atom. The average Bonchev–Trinajstić information content (AvgIpc) is 2.63. The van der Waals surface area contributed by atoms with Crippen LogP contribution in [0.3, 0.4) is 0 Å². The summed E-state index contributed by atoms with van der Waals surface area (Å²) >= 11 is 0. The van der Waals surface area contributed by atoms with Gasteiger partial charge in [-0.25, -0.2) is 13.6 Å². The lowest BCUT2D eigenvalue weighted by Crippen LogP contribution is -2.50. The summed E-state index contributed by atoms with van der Waals surface area (Å²) in [5.74, 6) is 0. The molecule has 0 unspecified atom stereocenters. The van der Waals surface area contributed by atoms with Crippen LogP contribution in [0.4, 0.5) is 11.4 Å². The second-order valence-electron chi connectivity index (χ2n) is 6.68. The molecule has 0 bridgehead atoms. The third kappa shape index (κ3) is 4.14. The first-order valence-electron chi connectivity index (χ1n) is 8.76. The van der Waals surface area contributed by atoms with E-state index in [4.69, 9.17) is 9.88 Å². The van der Waals surface area contributed by atoms with Gasteiger partial charge in [-0.15, -0.1) is 0 Å². The summed E-state index contributed by atoms with van der Waals surface area (Å²) in [7, 11) is -4.00. The number of primary sulfonamides is 1. The second kappa shape index (κ2) is 7.87. The molecule has 2 saturated heterocycles. The SMILES string of the molecule is NS(=O)(=O)c1ccc(N(C2CCNCC2)C2CCOCC2)c([N+](=O)[O-])c1. The molecule has 2 heterocycles. The van der Waals surface area contributed by atoms with Crippen molar-refractivity contribution < 1.29 is 18.1 Å². The Hall–Kier alpha value is -1.75. The number of nitro groups is 1. The fraction of sp³-hybridized carbons (Fsp3) is 0.625. The summed E-state index contributed by atoms with van der Waals surface area (Å²) < 4.78 is 28.7. The molecule has 1 aromatic rings. The number of nitrogens with zero attached hydrogens (tertiary/aromatic N) is 2. The van der Waals surface area contributed by atoms with Crippen LogP contribution in [0.5, 0.6) is 0 Å². The number of ether oxygens (including phenoxy) is 1. The lowest BCUT2D eigenvalue weighted by atomic mass is 9.97. The Bertz CT molecular complexity index is 740. The topological polar surface area (TPSA) is 128 Å². The summed E-state index contributed by atoms with van der Waals surface area (Å²) in [6.45, 7) is 2.95. The molecule has 0 saturated carbocycles. The first kappa shape index (κ1) is 19.0. The molecule has 10 heteroatoms. The Morgan fingerprint density at radius 2 is 1.77 bits per heavy atom. The zero-order valence-electron chi connectivity index (χ0n) is 14.5. The van der Waals surface area contributed by atoms with Crippen LogP contribution in [-0.2, 0) is 14.8 Å². The molecular weight excluding hydrogens is 360 g/mol. The molecule has 0 amide bonds. The highest BCUT2D eigenvalue weighted by Gasteiger charge is 2.34. The number of benzene rings is 1. The quantitative estimate of drug-likeness (QED) is 0.572. The fourth-order valence-corrected chi connectivity index (χ4v) is 4.32. The van der Waals surface area contributed by atoms with Crippen molar-refractivity contribution >= 4 is 21.4 Å². The van der Waals surface area contributed by atoms with Crippen molar-refractivity contribution in [1.82, 2.24) is 5.32 Å². The summed E-state index contributed by atoms with van der Waals surface area (Å²) in [6, 6.07) is 4.24. The smallest absolute Gasteiger partial charge is 0.293 e. The van der Waals surface area contributed by atoms with Gasteiger partial charge in [0, 0.05) is 31.4 Å². The number of piperidine rings is 1. The molecule has 0 radical (unpaired) electrons. The number of nitro benzene ring substituents is 1. The van der Waals surface area contributed by atoms with E-state index in [0.717, 1.165) is 44.8 Å². The van der Waals surface area contributed by atoms with Gasteiger partial charge < -0.3 is 15.0 Å². The van der Waals surface area contributed by atoms with Crippen molar-refractivity contribution in [2.75, 3.05) is 31.2 Å². The van der Waals surface area contributed by atoms with Crippen molar-refractivity contribution in [3.63, 3.8) is 0 Å². The normalized spacial score (nSPS) is 20.0. The fourth-order valence-electron chi connectivity index (χ4n) is 3.78. The molecule has 0 aromatic heterocycles. The van der Waals surface area contributed by atoms with E-state index < -0.39 is 14.9 Å². The highest BCUT2D eigenvalue weighted by atomic mass is 32.2. The van der Waals surface area contributed by atoms with Crippen LogP contribution in [0.25, 0.3) is 0 Å². The molecule has 1 aromatic carbocycles. The minimum absolute atomic E-state index is 0.130. The second-order valence-corrected chi connectivity index (χ2v) is 8.25. The van der Waals surface area contributed by atoms with Gasteiger partial charge in [0.05, 0.1) is 9.82 Å². The van der Waals surface area contributed by atoms with Gasteiger partial charge in [-0.3, -0.25) is 10.1 Å². The minimum atomic E-state index is -4.00. The predicted octanol–water partition coefficient (Wildman–Crippen LogP) is 0.980. The zero-order valence-corrected chi connectivity index (χ0v) is 15.3. The van der Waals surface area contributed by atoms with Gasteiger partial charge in [-0.2, -0.15) is 0 Å². The van der Waals surface area contributed by atoms with E-state index in [-0.39, 0.29) is 22.7 Å². The molecule has 9 nitrogen and oxygen atoms in total. The van der Waals surface area contributed by atoms with E-state index in [9.17, 15) is 18.5 Å². The molecule has 3 rings (SSSR count). The number of rotatable bonds is 5. The van der Waals surface area contributed by atoms with Crippen LogP contribution in [0.15, 0.2) is 23.1 Å². The Labute approximate surface area is 152 Å². The van der Waals surface area contributed by atoms with Crippen LogP contribution in [-0.4, -0.2) is 51.7 Å². The van der Waals surface area contributed by atoms with Gasteiger partial charge in [0.1, 0.15) is 5.69 Å².